The number of H-pyrrole nitrogens is 1. The molecule has 1 aromatic rings. The van der Waals surface area contributed by atoms with Crippen LogP contribution in [0.15, 0.2) is 18.7 Å². The van der Waals surface area contributed by atoms with Crippen molar-refractivity contribution in [3.63, 3.8) is 0 Å². The molecule has 0 fully saturated rings. The molecule has 1 N–H and O–H groups in total. The second-order valence-electron chi connectivity index (χ2n) is 0.761. The number of nitrogens with zero attached hydrogens (tertiary/aromatic N) is 1. The van der Waals surface area contributed by atoms with Crippen LogP contribution in [-0.4, -0.2) is 9.97 Å². The Morgan fingerprint density at radius 2 is 2.33 bits per heavy atom. The quantitative estimate of drug-likeness (QED) is 0.560. The maximum Gasteiger partial charge on any atom is 2.00 e. The third-order valence-electron chi connectivity index (χ3n) is 0.406. The van der Waals surface area contributed by atoms with E-state index < -0.39 is 0 Å². The van der Waals surface area contributed by atoms with E-state index in [1.54, 1.807) is 18.7 Å². The molecule has 32 valence electrons. The number of imidazole rings is 1. The van der Waals surface area contributed by atoms with E-state index in [0.717, 1.165) is 0 Å². The van der Waals surface area contributed by atoms with Crippen LogP contribution in [0.2, 0.25) is 0 Å². The fraction of sp³-hybridized carbons (Fsp3) is 0. The summed E-state index contributed by atoms with van der Waals surface area (Å²) in [5.74, 6) is 0. The second kappa shape index (κ2) is 3.04. The first-order valence-electron chi connectivity index (χ1n) is 1.43. The Balaban J connectivity index is 0.000000250. The molecular weight excluding hydrogens is 165 g/mol. The van der Waals surface area contributed by atoms with Crippen LogP contribution in [0.3, 0.4) is 0 Å². The largest absolute Gasteiger partial charge is 2.00 e. The first kappa shape index (κ1) is 5.83. The van der Waals surface area contributed by atoms with Crippen molar-refractivity contribution in [2.24, 2.45) is 0 Å². The predicted octanol–water partition coefficient (Wildman–Crippen LogP) is 0.407. The van der Waals surface area contributed by atoms with Gasteiger partial charge in [-0.1, -0.05) is 0 Å². The van der Waals surface area contributed by atoms with Crippen molar-refractivity contribution in [2.45, 2.75) is 0 Å². The normalized spacial score (nSPS) is 6.67. The van der Waals surface area contributed by atoms with E-state index in [1.165, 1.54) is 0 Å². The van der Waals surface area contributed by atoms with Crippen LogP contribution in [0.4, 0.5) is 0 Å². The van der Waals surface area contributed by atoms with Crippen LogP contribution in [-0.2, 0) is 19.5 Å². The first-order valence-corrected chi connectivity index (χ1v) is 1.43. The van der Waals surface area contributed by atoms with Gasteiger partial charge in [-0.3, -0.25) is 0 Å². The minimum absolute atomic E-state index is 0. The van der Waals surface area contributed by atoms with Gasteiger partial charge in [0.2, 0.25) is 0 Å². The zero-order chi connectivity index (χ0) is 3.54. The molecule has 0 aliphatic heterocycles. The number of hydrogen-bond donors (Lipinski definition) is 1. The van der Waals surface area contributed by atoms with Gasteiger partial charge in [0.15, 0.2) is 0 Å². The molecule has 0 unspecified atom stereocenters. The maximum atomic E-state index is 3.67. The van der Waals surface area contributed by atoms with E-state index >= 15 is 0 Å². The summed E-state index contributed by atoms with van der Waals surface area (Å²) >= 11 is 0. The average molecular weight is 169 g/mol. The number of nitrogens with one attached hydrogen (secondary N) is 1. The Hall–Kier alpha value is -0.167. The molecule has 1 heterocycles. The molecule has 3 heteroatoms. The van der Waals surface area contributed by atoms with Gasteiger partial charge in [0.05, 0.1) is 6.33 Å². The van der Waals surface area contributed by atoms with Gasteiger partial charge in [-0.15, -0.1) is 0 Å². The molecule has 0 saturated carbocycles. The van der Waals surface area contributed by atoms with Crippen molar-refractivity contribution >= 4 is 0 Å². The number of aromatic amines is 1. The molecule has 0 bridgehead atoms. The molecule has 0 aromatic carbocycles. The van der Waals surface area contributed by atoms with Crippen LogP contribution in [0, 0.1) is 0 Å². The Morgan fingerprint density at radius 3 is 2.50 bits per heavy atom. The fourth-order valence-electron chi connectivity index (χ4n) is 0.215. The van der Waals surface area contributed by atoms with Crippen molar-refractivity contribution < 1.29 is 19.5 Å². The molecule has 2 nitrogen and oxygen atoms in total. The third-order valence-corrected chi connectivity index (χ3v) is 0.406. The number of hydrogen-bond acceptors (Lipinski definition) is 1. The van der Waals surface area contributed by atoms with E-state index in [4.69, 9.17) is 0 Å². The standard InChI is InChI=1S/C3H4N2.Ru/c1-2-5-3-4-1;/h1-3H,(H,4,5);/q;+2. The Morgan fingerprint density at radius 1 is 1.50 bits per heavy atom. The zero-order valence-electron chi connectivity index (χ0n) is 3.03. The van der Waals surface area contributed by atoms with Gasteiger partial charge >= 0.3 is 19.5 Å². The van der Waals surface area contributed by atoms with Gasteiger partial charge < -0.3 is 4.98 Å². The van der Waals surface area contributed by atoms with Crippen molar-refractivity contribution in [1.82, 2.24) is 9.97 Å². The zero-order valence-corrected chi connectivity index (χ0v) is 4.77. The van der Waals surface area contributed by atoms with Gasteiger partial charge in [0.1, 0.15) is 0 Å². The number of rotatable bonds is 0. The molecule has 0 saturated heterocycles. The molecule has 0 amide bonds. The van der Waals surface area contributed by atoms with E-state index in [2.05, 4.69) is 9.97 Å². The molecule has 1 rings (SSSR count). The van der Waals surface area contributed by atoms with Crippen LogP contribution in [0.5, 0.6) is 0 Å². The van der Waals surface area contributed by atoms with E-state index in [0.29, 0.717) is 0 Å². The van der Waals surface area contributed by atoms with Gasteiger partial charge in [0, 0.05) is 12.4 Å². The van der Waals surface area contributed by atoms with Crippen LogP contribution in [0.25, 0.3) is 0 Å². The van der Waals surface area contributed by atoms with Gasteiger partial charge in [-0.2, -0.15) is 0 Å². The van der Waals surface area contributed by atoms with Crippen molar-refractivity contribution in [1.29, 1.82) is 0 Å². The maximum absolute atomic E-state index is 3.67. The summed E-state index contributed by atoms with van der Waals surface area (Å²) in [7, 11) is 0. The summed E-state index contributed by atoms with van der Waals surface area (Å²) in [4.78, 5) is 6.42. The summed E-state index contributed by atoms with van der Waals surface area (Å²) in [6, 6.07) is 0. The summed E-state index contributed by atoms with van der Waals surface area (Å²) in [5, 5.41) is 0. The SMILES string of the molecule is [Ru+2].c1c[nH]cn1. The summed E-state index contributed by atoms with van der Waals surface area (Å²) in [6.07, 6.45) is 5.08. The Kier molecular flexibility index (Phi) is 2.96. The third kappa shape index (κ3) is 1.32. The molecule has 6 heavy (non-hydrogen) atoms. The van der Waals surface area contributed by atoms with E-state index in [1.807, 2.05) is 0 Å². The monoisotopic (exact) mass is 170 g/mol. The number of aromatic nitrogens is 2. The van der Waals surface area contributed by atoms with Crippen molar-refractivity contribution in [3.05, 3.63) is 18.7 Å². The van der Waals surface area contributed by atoms with E-state index in [-0.39, 0.29) is 19.5 Å². The molecule has 1 aromatic heterocycles. The topological polar surface area (TPSA) is 28.7 Å². The van der Waals surface area contributed by atoms with Gasteiger partial charge in [0.25, 0.3) is 0 Å². The molecule has 0 atom stereocenters. The van der Waals surface area contributed by atoms with E-state index in [9.17, 15) is 0 Å². The Labute approximate surface area is 48.7 Å². The summed E-state index contributed by atoms with van der Waals surface area (Å²) < 4.78 is 0. The van der Waals surface area contributed by atoms with Crippen molar-refractivity contribution in [3.8, 4) is 0 Å². The van der Waals surface area contributed by atoms with Crippen LogP contribution >= 0.6 is 0 Å². The summed E-state index contributed by atoms with van der Waals surface area (Å²) in [5.41, 5.74) is 0. The first-order chi connectivity index (χ1) is 2.50. The molecule has 0 aliphatic rings. The van der Waals surface area contributed by atoms with Crippen molar-refractivity contribution in [2.75, 3.05) is 0 Å². The average Bonchev–Trinajstić information content (AvgIpc) is 1.76. The molecule has 0 radical (unpaired) electrons. The molecule has 0 spiro atoms. The second-order valence-corrected chi connectivity index (χ2v) is 0.761. The predicted molar refractivity (Wildman–Crippen MR) is 18.6 cm³/mol. The summed E-state index contributed by atoms with van der Waals surface area (Å²) in [6.45, 7) is 0. The molecule has 0 aliphatic carbocycles. The molecular formula is C3H4N2Ru+2. The fourth-order valence-corrected chi connectivity index (χ4v) is 0.215. The smallest absolute Gasteiger partial charge is 0.351 e. The Bertz CT molecular complexity index is 65.3. The minimum atomic E-state index is 0. The van der Waals surface area contributed by atoms with Crippen LogP contribution < -0.4 is 0 Å². The van der Waals surface area contributed by atoms with Gasteiger partial charge in [-0.05, 0) is 0 Å². The van der Waals surface area contributed by atoms with Gasteiger partial charge in [-0.25, -0.2) is 4.98 Å². The van der Waals surface area contributed by atoms with Crippen LogP contribution in [0.1, 0.15) is 0 Å². The minimum Gasteiger partial charge on any atom is -0.351 e.